The van der Waals surface area contributed by atoms with Gasteiger partial charge in [0.15, 0.2) is 0 Å². The van der Waals surface area contributed by atoms with Gasteiger partial charge in [-0.1, -0.05) is 71.6 Å². The Bertz CT molecular complexity index is 300. The van der Waals surface area contributed by atoms with E-state index in [0.29, 0.717) is 6.42 Å². The van der Waals surface area contributed by atoms with Crippen LogP contribution in [0.4, 0.5) is 0 Å². The van der Waals surface area contributed by atoms with Crippen molar-refractivity contribution in [3.8, 4) is 0 Å². The molecular formula is C15H33NaO4S. The summed E-state index contributed by atoms with van der Waals surface area (Å²) in [7, 11) is -3.75. The Hall–Kier alpha value is 0.870. The van der Waals surface area contributed by atoms with Crippen LogP contribution in [0.25, 0.3) is 0 Å². The number of unbranched alkanes of at least 4 members (excludes halogenated alkanes) is 9. The fourth-order valence-corrected chi connectivity index (χ4v) is 2.73. The number of rotatable bonds is 15. The topological polar surface area (TPSA) is 52.6 Å². The molecule has 0 aliphatic rings. The smallest absolute Gasteiger partial charge is 1.00 e. The van der Waals surface area contributed by atoms with E-state index in [9.17, 15) is 8.42 Å². The first-order chi connectivity index (χ1) is 9.62. The third kappa shape index (κ3) is 18.8. The minimum atomic E-state index is -3.75. The van der Waals surface area contributed by atoms with Gasteiger partial charge in [-0.3, -0.25) is 0 Å². The Morgan fingerprint density at radius 2 is 1.10 bits per heavy atom. The van der Waals surface area contributed by atoms with Gasteiger partial charge in [-0.05, 0) is 12.8 Å². The van der Waals surface area contributed by atoms with Crippen LogP contribution in [0.15, 0.2) is 0 Å². The van der Waals surface area contributed by atoms with E-state index in [0.717, 1.165) is 19.3 Å². The second-order valence-electron chi connectivity index (χ2n) is 5.23. The van der Waals surface area contributed by atoms with Crippen LogP contribution in [0.3, 0.4) is 0 Å². The molecule has 0 saturated carbocycles. The van der Waals surface area contributed by atoms with E-state index in [1.54, 1.807) is 0 Å². The maximum atomic E-state index is 11.2. The molecule has 124 valence electrons. The maximum absolute atomic E-state index is 11.2. The first kappa shape index (κ1) is 24.1. The summed E-state index contributed by atoms with van der Waals surface area (Å²) in [6, 6.07) is 0. The molecule has 0 heterocycles. The molecule has 6 heteroatoms. The molecule has 0 saturated heterocycles. The van der Waals surface area contributed by atoms with Crippen LogP contribution < -0.4 is 29.6 Å². The Labute approximate surface area is 155 Å². The molecule has 0 spiro atoms. The zero-order chi connectivity index (χ0) is 15.1. The van der Waals surface area contributed by atoms with Gasteiger partial charge in [0.05, 0.1) is 13.2 Å². The molecule has 0 rings (SSSR count). The number of hydrogen-bond acceptors (Lipinski definition) is 4. The van der Waals surface area contributed by atoms with Gasteiger partial charge < -0.3 is 1.43 Å². The van der Waals surface area contributed by atoms with E-state index in [2.05, 4.69) is 11.1 Å². The van der Waals surface area contributed by atoms with E-state index in [-0.39, 0.29) is 44.2 Å². The predicted octanol–water partition coefficient (Wildman–Crippen LogP) is 1.71. The second kappa shape index (κ2) is 17.2. The Morgan fingerprint density at radius 1 is 0.667 bits per heavy atom. The zero-order valence-corrected chi connectivity index (χ0v) is 17.1. The van der Waals surface area contributed by atoms with Crippen molar-refractivity contribution in [1.82, 2.24) is 0 Å². The molecule has 0 aromatic carbocycles. The van der Waals surface area contributed by atoms with E-state index >= 15 is 0 Å². The first-order valence-corrected chi connectivity index (χ1v) is 9.49. The van der Waals surface area contributed by atoms with Crippen molar-refractivity contribution in [2.24, 2.45) is 0 Å². The van der Waals surface area contributed by atoms with Gasteiger partial charge in [-0.15, -0.1) is 0 Å². The average Bonchev–Trinajstić information content (AvgIpc) is 2.42. The summed E-state index contributed by atoms with van der Waals surface area (Å²) >= 11 is 0. The average molecular weight is 332 g/mol. The first-order valence-electron chi connectivity index (χ1n) is 8.16. The summed E-state index contributed by atoms with van der Waals surface area (Å²) in [4.78, 5) is 0. The number of hydrogen-bond donors (Lipinski definition) is 0. The van der Waals surface area contributed by atoms with Crippen LogP contribution in [0, 0.1) is 0 Å². The van der Waals surface area contributed by atoms with Gasteiger partial charge in [-0.25, -0.2) is 8.37 Å². The summed E-state index contributed by atoms with van der Waals surface area (Å²) in [6.45, 7) is 4.52. The van der Waals surface area contributed by atoms with Gasteiger partial charge in [0, 0.05) is 0 Å². The monoisotopic (exact) mass is 332 g/mol. The van der Waals surface area contributed by atoms with Gasteiger partial charge in [0.1, 0.15) is 0 Å². The molecule has 0 radical (unpaired) electrons. The molecule has 0 atom stereocenters. The van der Waals surface area contributed by atoms with Crippen molar-refractivity contribution in [2.75, 3.05) is 13.2 Å². The molecule has 21 heavy (non-hydrogen) atoms. The van der Waals surface area contributed by atoms with Crippen LogP contribution in [0.1, 0.15) is 85.9 Å². The van der Waals surface area contributed by atoms with E-state index < -0.39 is 10.4 Å². The molecule has 0 fully saturated rings. The van der Waals surface area contributed by atoms with Crippen LogP contribution in [-0.2, 0) is 18.8 Å². The van der Waals surface area contributed by atoms with Crippen LogP contribution >= 0.6 is 0 Å². The Balaban J connectivity index is -0.00000180. The van der Waals surface area contributed by atoms with Crippen molar-refractivity contribution in [1.29, 1.82) is 0 Å². The quantitative estimate of drug-likeness (QED) is 0.338. The molecular weight excluding hydrogens is 299 g/mol. The largest absolute Gasteiger partial charge is 1.00 e. The molecule has 4 nitrogen and oxygen atoms in total. The molecule has 0 unspecified atom stereocenters. The predicted molar refractivity (Wildman–Crippen MR) is 84.1 cm³/mol. The van der Waals surface area contributed by atoms with Crippen molar-refractivity contribution in [2.45, 2.75) is 84.5 Å². The third-order valence-corrected chi connectivity index (χ3v) is 4.07. The second-order valence-corrected chi connectivity index (χ2v) is 6.52. The molecule has 0 N–H and O–H groups in total. The minimum absolute atomic E-state index is 0. The standard InChI is InChI=1S/C15H32O4S.Na.H/c1-3-5-6-7-8-9-10-11-12-13-15-19-20(16,17)18-14-4-2;;/h3-15H2,1-2H3;;/q;+1;-1. The molecule has 0 bridgehead atoms. The molecule has 0 aromatic heterocycles. The third-order valence-electron chi connectivity index (χ3n) is 3.16. The van der Waals surface area contributed by atoms with E-state index in [4.69, 9.17) is 4.18 Å². The Morgan fingerprint density at radius 3 is 1.57 bits per heavy atom. The fraction of sp³-hybridized carbons (Fsp3) is 1.00. The van der Waals surface area contributed by atoms with Gasteiger partial charge >= 0.3 is 40.0 Å². The van der Waals surface area contributed by atoms with Crippen molar-refractivity contribution in [3.05, 3.63) is 0 Å². The van der Waals surface area contributed by atoms with Crippen LogP contribution in [0.5, 0.6) is 0 Å². The summed E-state index contributed by atoms with van der Waals surface area (Å²) in [5.41, 5.74) is 0. The normalized spacial score (nSPS) is 11.3. The fourth-order valence-electron chi connectivity index (χ4n) is 1.97. The van der Waals surface area contributed by atoms with Crippen LogP contribution in [-0.4, -0.2) is 21.6 Å². The SMILES string of the molecule is CCCCCCCCCCCCOS(=O)(=O)OCCC.[H-].[Na+]. The zero-order valence-electron chi connectivity index (χ0n) is 15.2. The molecule has 0 aromatic rings. The molecule has 0 amide bonds. The van der Waals surface area contributed by atoms with Gasteiger partial charge in [0.25, 0.3) is 0 Å². The summed E-state index contributed by atoms with van der Waals surface area (Å²) in [5.74, 6) is 0. The molecule has 0 aliphatic heterocycles. The van der Waals surface area contributed by atoms with Crippen molar-refractivity contribution in [3.63, 3.8) is 0 Å². The minimum Gasteiger partial charge on any atom is -1.00 e. The van der Waals surface area contributed by atoms with Gasteiger partial charge in [0.2, 0.25) is 0 Å². The van der Waals surface area contributed by atoms with Crippen molar-refractivity contribution >= 4 is 10.4 Å². The summed E-state index contributed by atoms with van der Waals surface area (Å²) in [6.07, 6.45) is 12.9. The Kier molecular flexibility index (Phi) is 19.8. The van der Waals surface area contributed by atoms with E-state index in [1.807, 2.05) is 6.92 Å². The maximum Gasteiger partial charge on any atom is 1.00 e. The van der Waals surface area contributed by atoms with Crippen LogP contribution in [0.2, 0.25) is 0 Å². The van der Waals surface area contributed by atoms with Gasteiger partial charge in [-0.2, -0.15) is 8.42 Å². The summed E-state index contributed by atoms with van der Waals surface area (Å²) < 4.78 is 31.8. The van der Waals surface area contributed by atoms with E-state index in [1.165, 1.54) is 44.9 Å². The molecule has 0 aliphatic carbocycles. The van der Waals surface area contributed by atoms with Crippen molar-refractivity contribution < 1.29 is 47.8 Å². The summed E-state index contributed by atoms with van der Waals surface area (Å²) in [5, 5.41) is 0.